The zero-order chi connectivity index (χ0) is 11.4. The van der Waals surface area contributed by atoms with Gasteiger partial charge in [-0.05, 0) is 18.8 Å². The summed E-state index contributed by atoms with van der Waals surface area (Å²) in [5.74, 6) is -2.34. The van der Waals surface area contributed by atoms with Gasteiger partial charge in [0.1, 0.15) is 6.04 Å². The molecule has 2 atom stereocenters. The second-order valence-corrected chi connectivity index (χ2v) is 3.75. The molecule has 0 aromatic rings. The van der Waals surface area contributed by atoms with Gasteiger partial charge in [0.05, 0.1) is 6.61 Å². The first-order chi connectivity index (χ1) is 7.02. The van der Waals surface area contributed by atoms with E-state index in [1.54, 1.807) is 0 Å². The summed E-state index contributed by atoms with van der Waals surface area (Å²) in [4.78, 5) is 21.2. The Kier molecular flexibility index (Phi) is 4.05. The van der Waals surface area contributed by atoms with Gasteiger partial charge in [-0.2, -0.15) is 0 Å². The minimum absolute atomic E-state index is 0.276. The second kappa shape index (κ2) is 5.09. The van der Waals surface area contributed by atoms with Crippen LogP contribution in [0.25, 0.3) is 0 Å². The Morgan fingerprint density at radius 2 is 1.93 bits per heavy atom. The first-order valence-electron chi connectivity index (χ1n) is 4.85. The normalized spacial score (nSPS) is 20.3. The summed E-state index contributed by atoms with van der Waals surface area (Å²) >= 11 is 0. The average Bonchev–Trinajstić information content (AvgIpc) is 2.07. The van der Waals surface area contributed by atoms with Crippen LogP contribution in [0, 0.1) is 5.92 Å². The maximum atomic E-state index is 10.7. The molecule has 0 spiro atoms. The quantitative estimate of drug-likeness (QED) is 0.561. The zero-order valence-electron chi connectivity index (χ0n) is 8.26. The minimum Gasteiger partial charge on any atom is -0.480 e. The predicted molar refractivity (Wildman–Crippen MR) is 50.3 cm³/mol. The van der Waals surface area contributed by atoms with Crippen LogP contribution >= 0.6 is 0 Å². The Morgan fingerprint density at radius 3 is 2.27 bits per heavy atom. The van der Waals surface area contributed by atoms with E-state index in [1.165, 1.54) is 0 Å². The van der Waals surface area contributed by atoms with Crippen molar-refractivity contribution in [1.82, 2.24) is 0 Å². The van der Waals surface area contributed by atoms with Crippen LogP contribution in [0.15, 0.2) is 0 Å². The van der Waals surface area contributed by atoms with Gasteiger partial charge in [0.15, 0.2) is 6.10 Å². The van der Waals surface area contributed by atoms with Gasteiger partial charge >= 0.3 is 11.9 Å². The van der Waals surface area contributed by atoms with Gasteiger partial charge in [0.2, 0.25) is 0 Å². The van der Waals surface area contributed by atoms with E-state index in [-0.39, 0.29) is 6.61 Å². The SMILES string of the molecule is N[C@H](C(=O)O)[C@H](OCC1CCC1)C(=O)O. The van der Waals surface area contributed by atoms with E-state index in [2.05, 4.69) is 0 Å². The molecule has 1 saturated carbocycles. The first kappa shape index (κ1) is 11.9. The Morgan fingerprint density at radius 1 is 1.33 bits per heavy atom. The molecule has 6 nitrogen and oxygen atoms in total. The molecule has 0 aliphatic heterocycles. The lowest BCUT2D eigenvalue weighted by Gasteiger charge is -2.27. The van der Waals surface area contributed by atoms with E-state index < -0.39 is 24.1 Å². The average molecular weight is 217 g/mol. The van der Waals surface area contributed by atoms with E-state index in [9.17, 15) is 9.59 Å². The number of carbonyl (C=O) groups is 2. The molecule has 1 rings (SSSR count). The molecule has 1 aliphatic carbocycles. The summed E-state index contributed by atoms with van der Waals surface area (Å²) < 4.78 is 5.03. The summed E-state index contributed by atoms with van der Waals surface area (Å²) in [7, 11) is 0. The largest absolute Gasteiger partial charge is 0.480 e. The molecule has 86 valence electrons. The molecule has 0 saturated heterocycles. The smallest absolute Gasteiger partial charge is 0.335 e. The van der Waals surface area contributed by atoms with Crippen molar-refractivity contribution in [3.05, 3.63) is 0 Å². The predicted octanol–water partition coefficient (Wildman–Crippen LogP) is -0.332. The van der Waals surface area contributed by atoms with Crippen molar-refractivity contribution in [3.63, 3.8) is 0 Å². The van der Waals surface area contributed by atoms with Crippen LogP contribution in [0.2, 0.25) is 0 Å². The Balaban J connectivity index is 2.42. The maximum absolute atomic E-state index is 10.7. The molecule has 1 fully saturated rings. The highest BCUT2D eigenvalue weighted by Crippen LogP contribution is 2.26. The fraction of sp³-hybridized carbons (Fsp3) is 0.778. The summed E-state index contributed by atoms with van der Waals surface area (Å²) in [5.41, 5.74) is 5.20. The number of hydrogen-bond acceptors (Lipinski definition) is 4. The molecule has 0 heterocycles. The Bertz CT molecular complexity index is 251. The number of rotatable bonds is 6. The molecular formula is C9H15NO5. The third-order valence-corrected chi connectivity index (χ3v) is 2.59. The monoisotopic (exact) mass is 217 g/mol. The van der Waals surface area contributed by atoms with Crippen molar-refractivity contribution >= 4 is 11.9 Å². The van der Waals surface area contributed by atoms with Crippen LogP contribution in [0.5, 0.6) is 0 Å². The van der Waals surface area contributed by atoms with Crippen LogP contribution in [-0.2, 0) is 14.3 Å². The number of nitrogens with two attached hydrogens (primary N) is 1. The summed E-state index contributed by atoms with van der Waals surface area (Å²) in [6.07, 6.45) is 1.68. The molecular weight excluding hydrogens is 202 g/mol. The van der Waals surface area contributed by atoms with Crippen LogP contribution in [0.1, 0.15) is 19.3 Å². The van der Waals surface area contributed by atoms with Gasteiger partial charge in [-0.25, -0.2) is 4.79 Å². The fourth-order valence-electron chi connectivity index (χ4n) is 1.36. The van der Waals surface area contributed by atoms with Crippen LogP contribution < -0.4 is 5.73 Å². The van der Waals surface area contributed by atoms with Crippen LogP contribution in [-0.4, -0.2) is 40.9 Å². The molecule has 0 aromatic heterocycles. The topological polar surface area (TPSA) is 110 Å². The number of ether oxygens (including phenoxy) is 1. The molecule has 0 unspecified atom stereocenters. The number of hydrogen-bond donors (Lipinski definition) is 3. The van der Waals surface area contributed by atoms with Crippen molar-refractivity contribution in [2.75, 3.05) is 6.61 Å². The minimum atomic E-state index is -1.51. The van der Waals surface area contributed by atoms with Crippen molar-refractivity contribution in [3.8, 4) is 0 Å². The van der Waals surface area contributed by atoms with Crippen molar-refractivity contribution in [1.29, 1.82) is 0 Å². The van der Waals surface area contributed by atoms with Crippen LogP contribution in [0.4, 0.5) is 0 Å². The van der Waals surface area contributed by atoms with Crippen LogP contribution in [0.3, 0.4) is 0 Å². The molecule has 0 bridgehead atoms. The molecule has 6 heteroatoms. The van der Waals surface area contributed by atoms with Crippen molar-refractivity contribution in [2.24, 2.45) is 11.7 Å². The zero-order valence-corrected chi connectivity index (χ0v) is 8.26. The third-order valence-electron chi connectivity index (χ3n) is 2.59. The molecule has 0 amide bonds. The second-order valence-electron chi connectivity index (χ2n) is 3.75. The lowest BCUT2D eigenvalue weighted by atomic mass is 9.86. The Labute approximate surface area is 87.0 Å². The van der Waals surface area contributed by atoms with Crippen molar-refractivity contribution in [2.45, 2.75) is 31.4 Å². The van der Waals surface area contributed by atoms with E-state index in [0.29, 0.717) is 5.92 Å². The first-order valence-corrected chi connectivity index (χ1v) is 4.85. The lowest BCUT2D eigenvalue weighted by molar-refractivity contribution is -0.160. The molecule has 0 radical (unpaired) electrons. The maximum Gasteiger partial charge on any atom is 0.335 e. The highest BCUT2D eigenvalue weighted by atomic mass is 16.5. The van der Waals surface area contributed by atoms with E-state index in [0.717, 1.165) is 19.3 Å². The van der Waals surface area contributed by atoms with Crippen molar-refractivity contribution < 1.29 is 24.5 Å². The summed E-state index contributed by atoms with van der Waals surface area (Å²) in [6, 6.07) is -1.51. The molecule has 4 N–H and O–H groups in total. The molecule has 15 heavy (non-hydrogen) atoms. The van der Waals surface area contributed by atoms with Gasteiger partial charge in [0.25, 0.3) is 0 Å². The van der Waals surface area contributed by atoms with E-state index >= 15 is 0 Å². The van der Waals surface area contributed by atoms with Gasteiger partial charge in [-0.1, -0.05) is 6.42 Å². The standard InChI is InChI=1S/C9H15NO5/c10-6(8(11)12)7(9(13)14)15-4-5-2-1-3-5/h5-7H,1-4,10H2,(H,11,12)(H,13,14)/t6-,7-/m0/s1. The van der Waals surface area contributed by atoms with E-state index in [4.69, 9.17) is 20.7 Å². The Hall–Kier alpha value is -1.14. The van der Waals surface area contributed by atoms with E-state index in [1.807, 2.05) is 0 Å². The van der Waals surface area contributed by atoms with Gasteiger partial charge in [0, 0.05) is 0 Å². The lowest BCUT2D eigenvalue weighted by Crippen LogP contribution is -2.48. The molecule has 0 aromatic carbocycles. The number of aliphatic carboxylic acids is 2. The number of carboxylic acid groups (broad SMARTS) is 2. The summed E-state index contributed by atoms with van der Waals surface area (Å²) in [6.45, 7) is 0.276. The highest BCUT2D eigenvalue weighted by Gasteiger charge is 2.32. The molecule has 1 aliphatic rings. The van der Waals surface area contributed by atoms with Gasteiger partial charge in [-0.15, -0.1) is 0 Å². The third kappa shape index (κ3) is 3.17. The fourth-order valence-corrected chi connectivity index (χ4v) is 1.36. The number of carboxylic acids is 2. The summed E-state index contributed by atoms with van der Waals surface area (Å²) in [5, 5.41) is 17.3. The van der Waals surface area contributed by atoms with Gasteiger partial charge < -0.3 is 20.7 Å². The highest BCUT2D eigenvalue weighted by molar-refractivity contribution is 5.84. The van der Waals surface area contributed by atoms with Gasteiger partial charge in [-0.3, -0.25) is 4.79 Å².